The van der Waals surface area contributed by atoms with E-state index in [4.69, 9.17) is 0 Å². The Morgan fingerprint density at radius 1 is 0.508 bits per heavy atom. The van der Waals surface area contributed by atoms with Gasteiger partial charge in [-0.1, -0.05) is 154 Å². The summed E-state index contributed by atoms with van der Waals surface area (Å²) in [5.74, 6) is 0. The third-order valence-electron chi connectivity index (χ3n) is 12.7. The lowest BCUT2D eigenvalue weighted by Gasteiger charge is -2.28. The van der Waals surface area contributed by atoms with Gasteiger partial charge in [0, 0.05) is 66.1 Å². The van der Waals surface area contributed by atoms with Crippen LogP contribution in [0.1, 0.15) is 30.5 Å². The number of para-hydroxylation sites is 1. The molecule has 0 unspecified atom stereocenters. The van der Waals surface area contributed by atoms with Crippen LogP contribution in [-0.2, 0) is 5.41 Å². The van der Waals surface area contributed by atoms with Gasteiger partial charge in [-0.3, -0.25) is 0 Å². The van der Waals surface area contributed by atoms with Gasteiger partial charge in [-0.05, 0) is 123 Å². The van der Waals surface area contributed by atoms with Crippen molar-refractivity contribution in [3.63, 3.8) is 0 Å². The zero-order valence-corrected chi connectivity index (χ0v) is 35.2. The molecule has 8 aromatic carbocycles. The van der Waals surface area contributed by atoms with Crippen molar-refractivity contribution in [2.24, 2.45) is 0 Å². The van der Waals surface area contributed by atoms with Gasteiger partial charge in [-0.2, -0.15) is 0 Å². The van der Waals surface area contributed by atoms with Crippen molar-refractivity contribution in [2.45, 2.75) is 19.3 Å². The van der Waals surface area contributed by atoms with E-state index >= 15 is 0 Å². The van der Waals surface area contributed by atoms with E-state index < -0.39 is 0 Å². The molecule has 1 aliphatic carbocycles. The van der Waals surface area contributed by atoms with Gasteiger partial charge in [0.2, 0.25) is 0 Å². The maximum absolute atomic E-state index is 4.48. The Bertz CT molecular complexity index is 3200. The number of nitrogens with zero attached hydrogens (tertiary/aromatic N) is 2. The minimum atomic E-state index is -0.0979. The summed E-state index contributed by atoms with van der Waals surface area (Å²) in [5.41, 5.74) is 17.9. The van der Waals surface area contributed by atoms with Crippen molar-refractivity contribution in [1.82, 2.24) is 0 Å². The fraction of sp³-hybridized carbons (Fsp3) is 0.0690. The highest BCUT2D eigenvalue weighted by atomic mass is 32.1. The first kappa shape index (κ1) is 36.8. The first-order valence-corrected chi connectivity index (χ1v) is 21.9. The predicted molar refractivity (Wildman–Crippen MR) is 263 cm³/mol. The van der Waals surface area contributed by atoms with E-state index in [0.717, 1.165) is 46.1 Å². The highest BCUT2D eigenvalue weighted by molar-refractivity contribution is 7.25. The van der Waals surface area contributed by atoms with Crippen LogP contribution in [0.25, 0.3) is 59.1 Å². The number of anilines is 5. The molecule has 3 heteroatoms. The van der Waals surface area contributed by atoms with Crippen molar-refractivity contribution in [1.29, 1.82) is 0 Å². The van der Waals surface area contributed by atoms with Gasteiger partial charge >= 0.3 is 0 Å². The minimum Gasteiger partial charge on any atom is -0.337 e. The Labute approximate surface area is 362 Å². The van der Waals surface area contributed by atoms with E-state index in [1.165, 1.54) is 64.7 Å². The van der Waals surface area contributed by atoms with Crippen LogP contribution in [0.15, 0.2) is 213 Å². The molecule has 0 saturated heterocycles. The number of rotatable bonds is 6. The zero-order chi connectivity index (χ0) is 41.1. The Hall–Kier alpha value is -7.20. The summed E-state index contributed by atoms with van der Waals surface area (Å²) in [6, 6.07) is 67.0. The number of fused-ring (bicyclic) bond motifs is 7. The number of hydrogen-bond acceptors (Lipinski definition) is 3. The molecular weight excluding hydrogens is 757 g/mol. The van der Waals surface area contributed by atoms with E-state index in [2.05, 4.69) is 237 Å². The van der Waals surface area contributed by atoms with Gasteiger partial charge in [0.25, 0.3) is 0 Å². The molecule has 0 atom stereocenters. The smallest absolute Gasteiger partial charge is 0.0493 e. The van der Waals surface area contributed by atoms with Crippen molar-refractivity contribution >= 4 is 65.5 Å². The average Bonchev–Trinajstić information content (AvgIpc) is 3.81. The monoisotopic (exact) mass is 800 g/mol. The molecule has 1 aromatic heterocycles. The van der Waals surface area contributed by atoms with Crippen molar-refractivity contribution in [2.75, 3.05) is 16.3 Å². The molecule has 0 spiro atoms. The largest absolute Gasteiger partial charge is 0.337 e. The van der Waals surface area contributed by atoms with Crippen LogP contribution < -0.4 is 9.80 Å². The third-order valence-corrected chi connectivity index (χ3v) is 13.8. The average molecular weight is 801 g/mol. The van der Waals surface area contributed by atoms with Crippen molar-refractivity contribution in [3.8, 4) is 33.4 Å². The second-order valence-corrected chi connectivity index (χ2v) is 17.7. The maximum Gasteiger partial charge on any atom is 0.0493 e. The number of thiophene rings is 1. The third kappa shape index (κ3) is 6.41. The van der Waals surface area contributed by atoms with Crippen LogP contribution in [0, 0.1) is 0 Å². The molecule has 1 aliphatic heterocycles. The second-order valence-electron chi connectivity index (χ2n) is 16.6. The van der Waals surface area contributed by atoms with Gasteiger partial charge in [0.05, 0.1) is 0 Å². The summed E-state index contributed by atoms with van der Waals surface area (Å²) in [6.07, 6.45) is 8.49. The first-order chi connectivity index (χ1) is 29.9. The van der Waals surface area contributed by atoms with Crippen LogP contribution >= 0.6 is 11.3 Å². The normalized spacial score (nSPS) is 15.0. The maximum atomic E-state index is 4.48. The first-order valence-electron chi connectivity index (χ1n) is 21.1. The summed E-state index contributed by atoms with van der Waals surface area (Å²) in [5, 5.41) is 2.60. The van der Waals surface area contributed by atoms with Gasteiger partial charge in [-0.15, -0.1) is 11.3 Å². The number of benzene rings is 8. The van der Waals surface area contributed by atoms with E-state index in [0.29, 0.717) is 0 Å². The Balaban J connectivity index is 0.943. The lowest BCUT2D eigenvalue weighted by molar-refractivity contribution is 0.660. The van der Waals surface area contributed by atoms with Gasteiger partial charge in [-0.25, -0.2) is 0 Å². The van der Waals surface area contributed by atoms with Crippen LogP contribution in [-0.4, -0.2) is 6.54 Å². The molecule has 61 heavy (non-hydrogen) atoms. The molecule has 292 valence electrons. The molecule has 0 amide bonds. The quantitative estimate of drug-likeness (QED) is 0.165. The molecule has 0 N–H and O–H groups in total. The lowest BCUT2D eigenvalue weighted by Crippen LogP contribution is -2.18. The fourth-order valence-corrected chi connectivity index (χ4v) is 10.5. The minimum absolute atomic E-state index is 0.0979. The lowest BCUT2D eigenvalue weighted by atomic mass is 9.82. The molecule has 2 heterocycles. The zero-order valence-electron chi connectivity index (χ0n) is 34.3. The van der Waals surface area contributed by atoms with Gasteiger partial charge in [0.1, 0.15) is 0 Å². The molecule has 2 nitrogen and oxygen atoms in total. The van der Waals surface area contributed by atoms with Crippen LogP contribution in [0.2, 0.25) is 0 Å². The van der Waals surface area contributed by atoms with Crippen LogP contribution in [0.5, 0.6) is 0 Å². The summed E-state index contributed by atoms with van der Waals surface area (Å²) >= 11 is 1.86. The molecular formula is C58H44N2S. The summed E-state index contributed by atoms with van der Waals surface area (Å²) in [7, 11) is 0. The number of allylic oxidation sites excluding steroid dienone is 4. The highest BCUT2D eigenvalue weighted by Crippen LogP contribution is 2.51. The standard InChI is InChI=1S/C58H44N2S/c1-39-14-6-5-13-35-59(44-15-7-4-8-16-44)55-33-27-43(36-51(39)55)42-23-21-40(22-24-42)41-25-28-45(29-26-41)60(46-31-34-57-52(37-46)50-18-10-12-20-56(50)61-57)47-30-32-49-48-17-9-11-19-53(48)58(2,3)54(49)38-47/h4-34,36-38H,1,35H2,2-3H3/b13-5-,14-6-. The summed E-state index contributed by atoms with van der Waals surface area (Å²) in [6.45, 7) is 9.97. The molecule has 11 rings (SSSR count). The molecule has 2 aliphatic rings. The van der Waals surface area contributed by atoms with Crippen molar-refractivity contribution in [3.05, 3.63) is 230 Å². The van der Waals surface area contributed by atoms with E-state index in [9.17, 15) is 0 Å². The molecule has 0 fully saturated rings. The Morgan fingerprint density at radius 2 is 1.13 bits per heavy atom. The predicted octanol–water partition coefficient (Wildman–Crippen LogP) is 16.4. The van der Waals surface area contributed by atoms with Gasteiger partial charge in [0.15, 0.2) is 0 Å². The topological polar surface area (TPSA) is 6.48 Å². The van der Waals surface area contributed by atoms with Crippen molar-refractivity contribution < 1.29 is 0 Å². The van der Waals surface area contributed by atoms with E-state index in [-0.39, 0.29) is 5.41 Å². The molecule has 0 saturated carbocycles. The molecule has 0 bridgehead atoms. The molecule has 9 aromatic rings. The van der Waals surface area contributed by atoms with Crippen LogP contribution in [0.3, 0.4) is 0 Å². The second kappa shape index (κ2) is 14.8. The van der Waals surface area contributed by atoms with E-state index in [1.54, 1.807) is 0 Å². The summed E-state index contributed by atoms with van der Waals surface area (Å²) in [4.78, 5) is 4.78. The molecule has 0 radical (unpaired) electrons. The van der Waals surface area contributed by atoms with E-state index in [1.807, 2.05) is 11.3 Å². The number of hydrogen-bond donors (Lipinski definition) is 0. The summed E-state index contributed by atoms with van der Waals surface area (Å²) < 4.78 is 2.62. The van der Waals surface area contributed by atoms with Crippen LogP contribution in [0.4, 0.5) is 28.4 Å². The Kier molecular flexibility index (Phi) is 8.95. The highest BCUT2D eigenvalue weighted by Gasteiger charge is 2.35. The fourth-order valence-electron chi connectivity index (χ4n) is 9.46. The SMILES string of the molecule is C=C1/C=C\C=C/CN(c2ccccc2)c2ccc(-c3ccc(-c4ccc(N(c5ccc6c(c5)C(C)(C)c5ccccc5-6)c5ccc6sc7ccccc7c6c5)cc4)cc3)cc21. The van der Waals surface area contributed by atoms with Gasteiger partial charge < -0.3 is 9.80 Å². The Morgan fingerprint density at radius 3 is 1.95 bits per heavy atom.